The van der Waals surface area contributed by atoms with Crippen LogP contribution in [0, 0.1) is 12.8 Å². The van der Waals surface area contributed by atoms with Crippen LogP contribution >= 0.6 is 0 Å². The largest absolute Gasteiger partial charge is 0.494 e. The first kappa shape index (κ1) is 30.3. The molecule has 2 aromatic rings. The summed E-state index contributed by atoms with van der Waals surface area (Å²) >= 11 is 0. The van der Waals surface area contributed by atoms with Gasteiger partial charge >= 0.3 is 0 Å². The zero-order valence-corrected chi connectivity index (χ0v) is 22.3. The minimum Gasteiger partial charge on any atom is -0.494 e. The minimum absolute atomic E-state index is 0.0114. The molecule has 3 rings (SSSR count). The second kappa shape index (κ2) is 14.2. The van der Waals surface area contributed by atoms with Crippen molar-refractivity contribution in [3.05, 3.63) is 40.6 Å². The number of aliphatic hydroxyl groups excluding tert-OH is 6. The van der Waals surface area contributed by atoms with E-state index in [4.69, 9.17) is 24.4 Å². The summed E-state index contributed by atoms with van der Waals surface area (Å²) in [6, 6.07) is 5.85. The van der Waals surface area contributed by atoms with Crippen LogP contribution in [0.15, 0.2) is 18.2 Å². The highest BCUT2D eigenvalue weighted by Crippen LogP contribution is 2.32. The van der Waals surface area contributed by atoms with Crippen molar-refractivity contribution < 1.29 is 44.8 Å². The number of unbranched alkanes of at least 4 members (excludes halogenated alkanes) is 1. The normalized spacial score (nSPS) is 23.8. The zero-order valence-electron chi connectivity index (χ0n) is 22.3. The van der Waals surface area contributed by atoms with E-state index in [2.05, 4.69) is 10.2 Å². The van der Waals surface area contributed by atoms with E-state index in [-0.39, 0.29) is 30.9 Å². The van der Waals surface area contributed by atoms with E-state index in [1.807, 2.05) is 39.0 Å². The zero-order chi connectivity index (χ0) is 27.8. The van der Waals surface area contributed by atoms with Crippen molar-refractivity contribution in [1.29, 1.82) is 0 Å². The number of hydrogen-bond acceptors (Lipinski definition) is 10. The molecule has 1 aliphatic heterocycles. The Balaban J connectivity index is 1.68. The first-order chi connectivity index (χ1) is 18.2. The number of aromatic nitrogens is 2. The van der Waals surface area contributed by atoms with E-state index in [0.717, 1.165) is 47.4 Å². The molecule has 7 N–H and O–H groups in total. The molecule has 1 saturated heterocycles. The van der Waals surface area contributed by atoms with E-state index in [0.29, 0.717) is 13.0 Å². The Kier molecular flexibility index (Phi) is 11.3. The first-order valence-corrected chi connectivity index (χ1v) is 13.2. The number of aryl methyl sites for hydroxylation is 1. The molecule has 1 aliphatic rings. The summed E-state index contributed by atoms with van der Waals surface area (Å²) in [6.07, 6.45) is -4.03. The minimum atomic E-state index is -1.54. The van der Waals surface area contributed by atoms with Gasteiger partial charge in [0.25, 0.3) is 0 Å². The average Bonchev–Trinajstić information content (AvgIpc) is 3.30. The summed E-state index contributed by atoms with van der Waals surface area (Å²) in [5.74, 6) is 0.983. The molecule has 0 amide bonds. The molecule has 2 heterocycles. The van der Waals surface area contributed by atoms with Crippen molar-refractivity contribution in [2.45, 2.75) is 83.1 Å². The lowest BCUT2D eigenvalue weighted by atomic mass is 9.96. The maximum absolute atomic E-state index is 10.4. The quantitative estimate of drug-likeness (QED) is 0.170. The molecule has 11 nitrogen and oxygen atoms in total. The fraction of sp³-hybridized carbons (Fsp3) is 0.667. The standard InChI is InChI=1S/C27H42N2O9/c1-15(2)22-20(26(29-28-22)38-27-25(35)24(34)23(33)21(14-32)37-27)11-18-7-8-19(10-16(18)3)36-9-5-4-6-17(12-30)13-31/h7-8,10,15,17,21,23-25,27,30-35H,4-6,9,11-14H2,1-3H3,(H,28,29)/t21-,23-,24+,25-,27+/m1/s1. The van der Waals surface area contributed by atoms with Crippen LogP contribution in [0.5, 0.6) is 11.6 Å². The lowest BCUT2D eigenvalue weighted by Crippen LogP contribution is -2.60. The van der Waals surface area contributed by atoms with E-state index in [9.17, 15) is 20.4 Å². The molecular formula is C27H42N2O9. The van der Waals surface area contributed by atoms with Crippen LogP contribution in [0.25, 0.3) is 0 Å². The van der Waals surface area contributed by atoms with E-state index >= 15 is 0 Å². The van der Waals surface area contributed by atoms with Crippen molar-refractivity contribution in [2.24, 2.45) is 5.92 Å². The van der Waals surface area contributed by atoms with Gasteiger partial charge in [-0.15, -0.1) is 5.10 Å². The fourth-order valence-corrected chi connectivity index (χ4v) is 4.49. The molecule has 11 heteroatoms. The van der Waals surface area contributed by atoms with Crippen LogP contribution in [0.1, 0.15) is 61.4 Å². The number of nitrogens with zero attached hydrogens (tertiary/aromatic N) is 1. The number of hydrogen-bond donors (Lipinski definition) is 7. The lowest BCUT2D eigenvalue weighted by molar-refractivity contribution is -0.278. The molecule has 1 aromatic heterocycles. The van der Waals surface area contributed by atoms with Crippen molar-refractivity contribution in [3.8, 4) is 11.6 Å². The van der Waals surface area contributed by atoms with E-state index < -0.39 is 37.3 Å². The molecule has 0 radical (unpaired) electrons. The summed E-state index contributed by atoms with van der Waals surface area (Å²) in [7, 11) is 0. The summed E-state index contributed by atoms with van der Waals surface area (Å²) in [4.78, 5) is 0. The molecule has 0 bridgehead atoms. The second-order valence-corrected chi connectivity index (χ2v) is 10.2. The summed E-state index contributed by atoms with van der Waals surface area (Å²) < 4.78 is 17.3. The number of aromatic amines is 1. The van der Waals surface area contributed by atoms with Gasteiger partial charge in [0.2, 0.25) is 12.2 Å². The number of rotatable bonds is 14. The Morgan fingerprint density at radius 2 is 1.76 bits per heavy atom. The molecule has 5 atom stereocenters. The van der Waals surface area contributed by atoms with Crippen molar-refractivity contribution in [2.75, 3.05) is 26.4 Å². The third-order valence-electron chi connectivity index (χ3n) is 6.99. The second-order valence-electron chi connectivity index (χ2n) is 10.2. The summed E-state index contributed by atoms with van der Waals surface area (Å²) in [5, 5.41) is 65.6. The van der Waals surface area contributed by atoms with Gasteiger partial charge < -0.3 is 44.8 Å². The van der Waals surface area contributed by atoms with Gasteiger partial charge in [0.05, 0.1) is 13.2 Å². The van der Waals surface area contributed by atoms with Crippen LogP contribution < -0.4 is 9.47 Å². The molecule has 214 valence electrons. The monoisotopic (exact) mass is 538 g/mol. The molecule has 0 spiro atoms. The van der Waals surface area contributed by atoms with E-state index in [1.165, 1.54) is 0 Å². The Hall–Kier alpha value is -2.25. The maximum atomic E-state index is 10.4. The fourth-order valence-electron chi connectivity index (χ4n) is 4.49. The molecular weight excluding hydrogens is 496 g/mol. The first-order valence-electron chi connectivity index (χ1n) is 13.2. The Labute approximate surface area is 223 Å². The van der Waals surface area contributed by atoms with Crippen molar-refractivity contribution in [3.63, 3.8) is 0 Å². The molecule has 0 saturated carbocycles. The number of benzene rings is 1. The number of ether oxygens (including phenoxy) is 3. The van der Waals surface area contributed by atoms with Crippen molar-refractivity contribution in [1.82, 2.24) is 10.2 Å². The maximum Gasteiger partial charge on any atom is 0.238 e. The predicted molar refractivity (Wildman–Crippen MR) is 138 cm³/mol. The highest BCUT2D eigenvalue weighted by atomic mass is 16.7. The number of nitrogens with one attached hydrogen (secondary N) is 1. The molecule has 1 aromatic carbocycles. The van der Waals surface area contributed by atoms with Gasteiger partial charge in [-0.3, -0.25) is 5.10 Å². The van der Waals surface area contributed by atoms with Gasteiger partial charge in [-0.25, -0.2) is 0 Å². The van der Waals surface area contributed by atoms with E-state index in [1.54, 1.807) is 0 Å². The van der Waals surface area contributed by atoms with Gasteiger partial charge in [0, 0.05) is 36.8 Å². The van der Waals surface area contributed by atoms with Crippen LogP contribution in [0.4, 0.5) is 0 Å². The topological polar surface area (TPSA) is 178 Å². The SMILES string of the molecule is Cc1cc(OCCCCC(CO)CO)ccc1Cc1c(O[C@@H]2O[C@H](CO)[C@@H](O)[C@H](O)[C@H]2O)n[nH]c1C(C)C. The van der Waals surface area contributed by atoms with Crippen molar-refractivity contribution >= 4 is 0 Å². The Morgan fingerprint density at radius 3 is 2.39 bits per heavy atom. The average molecular weight is 539 g/mol. The summed E-state index contributed by atoms with van der Waals surface area (Å²) in [6.45, 7) is 5.99. The molecule has 1 fully saturated rings. The van der Waals surface area contributed by atoms with Gasteiger partial charge in [-0.2, -0.15) is 0 Å². The highest BCUT2D eigenvalue weighted by Gasteiger charge is 2.45. The van der Waals surface area contributed by atoms with Crippen LogP contribution in [0.3, 0.4) is 0 Å². The van der Waals surface area contributed by atoms with Gasteiger partial charge in [0.15, 0.2) is 0 Å². The highest BCUT2D eigenvalue weighted by molar-refractivity contribution is 5.42. The van der Waals surface area contributed by atoms with Gasteiger partial charge in [-0.05, 0) is 55.4 Å². The Bertz CT molecular complexity index is 993. The number of aliphatic hydroxyl groups is 6. The molecule has 0 unspecified atom stereocenters. The molecule has 38 heavy (non-hydrogen) atoms. The smallest absolute Gasteiger partial charge is 0.238 e. The Morgan fingerprint density at radius 1 is 1.03 bits per heavy atom. The van der Waals surface area contributed by atoms with Gasteiger partial charge in [-0.1, -0.05) is 19.9 Å². The molecule has 0 aliphatic carbocycles. The van der Waals surface area contributed by atoms with Crippen LogP contribution in [0.2, 0.25) is 0 Å². The van der Waals surface area contributed by atoms with Crippen LogP contribution in [-0.4, -0.2) is 98.0 Å². The lowest BCUT2D eigenvalue weighted by Gasteiger charge is -2.39. The van der Waals surface area contributed by atoms with Crippen LogP contribution in [-0.2, 0) is 11.2 Å². The third kappa shape index (κ3) is 7.44. The predicted octanol–water partition coefficient (Wildman–Crippen LogP) is 0.761. The number of H-pyrrole nitrogens is 1. The summed E-state index contributed by atoms with van der Waals surface area (Å²) in [5.41, 5.74) is 3.66. The third-order valence-corrected chi connectivity index (χ3v) is 6.99. The van der Waals surface area contributed by atoms with Gasteiger partial charge in [0.1, 0.15) is 30.2 Å².